The van der Waals surface area contributed by atoms with E-state index in [1.165, 1.54) is 13.0 Å². The van der Waals surface area contributed by atoms with Crippen LogP contribution < -0.4 is 20.1 Å². The van der Waals surface area contributed by atoms with Gasteiger partial charge in [0.15, 0.2) is 0 Å². The van der Waals surface area contributed by atoms with E-state index in [1.807, 2.05) is 12.1 Å². The van der Waals surface area contributed by atoms with E-state index in [4.69, 9.17) is 9.47 Å². The van der Waals surface area contributed by atoms with Crippen molar-refractivity contribution in [1.29, 1.82) is 0 Å². The summed E-state index contributed by atoms with van der Waals surface area (Å²) in [6.45, 7) is 3.76. The van der Waals surface area contributed by atoms with Gasteiger partial charge in [-0.2, -0.15) is 0 Å². The second-order valence-electron chi connectivity index (χ2n) is 5.87. The van der Waals surface area contributed by atoms with E-state index in [0.29, 0.717) is 30.2 Å². The molecular weight excluding hydrogens is 335 g/mol. The molecule has 5 nitrogen and oxygen atoms in total. The first kappa shape index (κ1) is 19.7. The Bertz CT molecular complexity index is 722. The zero-order chi connectivity index (χ0) is 18.8. The van der Waals surface area contributed by atoms with Crippen molar-refractivity contribution >= 4 is 5.91 Å². The van der Waals surface area contributed by atoms with Crippen molar-refractivity contribution in [2.24, 2.45) is 0 Å². The van der Waals surface area contributed by atoms with Crippen LogP contribution >= 0.6 is 0 Å². The Morgan fingerprint density at radius 3 is 2.65 bits per heavy atom. The van der Waals surface area contributed by atoms with Gasteiger partial charge in [0.25, 0.3) is 0 Å². The predicted octanol–water partition coefficient (Wildman–Crippen LogP) is 3.03. The molecule has 0 unspecified atom stereocenters. The zero-order valence-corrected chi connectivity index (χ0v) is 15.2. The van der Waals surface area contributed by atoms with E-state index in [-0.39, 0.29) is 18.3 Å². The molecule has 1 amide bonds. The quantitative estimate of drug-likeness (QED) is 0.640. The van der Waals surface area contributed by atoms with Crippen molar-refractivity contribution in [3.05, 3.63) is 59.4 Å². The van der Waals surface area contributed by atoms with Gasteiger partial charge < -0.3 is 20.1 Å². The molecule has 2 rings (SSSR count). The van der Waals surface area contributed by atoms with Crippen LogP contribution in [0.15, 0.2) is 42.5 Å². The van der Waals surface area contributed by atoms with E-state index in [9.17, 15) is 9.18 Å². The number of hydrogen-bond donors (Lipinski definition) is 2. The Labute approximate surface area is 153 Å². The van der Waals surface area contributed by atoms with Gasteiger partial charge in [-0.05, 0) is 25.1 Å². The Kier molecular flexibility index (Phi) is 7.89. The fourth-order valence-electron chi connectivity index (χ4n) is 2.44. The lowest BCUT2D eigenvalue weighted by atomic mass is 10.2. The molecule has 0 atom stereocenters. The second kappa shape index (κ2) is 10.4. The molecule has 0 spiro atoms. The average Bonchev–Trinajstić information content (AvgIpc) is 2.64. The Hall–Kier alpha value is -2.60. The van der Waals surface area contributed by atoms with E-state index < -0.39 is 0 Å². The molecule has 0 saturated carbocycles. The number of benzene rings is 2. The van der Waals surface area contributed by atoms with Crippen molar-refractivity contribution in [3.8, 4) is 11.5 Å². The van der Waals surface area contributed by atoms with Crippen molar-refractivity contribution in [3.63, 3.8) is 0 Å². The van der Waals surface area contributed by atoms with Gasteiger partial charge in [-0.1, -0.05) is 24.3 Å². The van der Waals surface area contributed by atoms with Crippen LogP contribution in [0.1, 0.15) is 24.5 Å². The molecule has 26 heavy (non-hydrogen) atoms. The van der Waals surface area contributed by atoms with Gasteiger partial charge in [0.2, 0.25) is 5.91 Å². The predicted molar refractivity (Wildman–Crippen MR) is 98.7 cm³/mol. The highest BCUT2D eigenvalue weighted by molar-refractivity contribution is 5.72. The van der Waals surface area contributed by atoms with Gasteiger partial charge in [-0.25, -0.2) is 4.39 Å². The molecule has 140 valence electrons. The van der Waals surface area contributed by atoms with Crippen LogP contribution in [0.5, 0.6) is 11.5 Å². The first-order chi connectivity index (χ1) is 12.6. The number of amides is 1. The van der Waals surface area contributed by atoms with Crippen LogP contribution in [-0.4, -0.2) is 26.1 Å². The van der Waals surface area contributed by atoms with Crippen LogP contribution in [0.2, 0.25) is 0 Å². The minimum atomic E-state index is -0.278. The third-order valence-electron chi connectivity index (χ3n) is 3.83. The summed E-state index contributed by atoms with van der Waals surface area (Å²) in [6, 6.07) is 12.1. The third kappa shape index (κ3) is 6.37. The number of rotatable bonds is 10. The highest BCUT2D eigenvalue weighted by Gasteiger charge is 2.07. The number of methoxy groups -OCH3 is 1. The molecule has 6 heteroatoms. The summed E-state index contributed by atoms with van der Waals surface area (Å²) in [7, 11) is 1.61. The van der Waals surface area contributed by atoms with E-state index in [0.717, 1.165) is 18.5 Å². The van der Waals surface area contributed by atoms with Crippen molar-refractivity contribution in [1.82, 2.24) is 10.6 Å². The standard InChI is InChI=1S/C20H25FN2O3/c1-15(24)23-11-5-10-22-13-16-8-9-18(12-20(16)25-2)26-14-17-6-3-4-7-19(17)21/h3-4,6-9,12,22H,5,10-11,13-14H2,1-2H3,(H,23,24). The van der Waals surface area contributed by atoms with Crippen LogP contribution in [0.3, 0.4) is 0 Å². The zero-order valence-electron chi connectivity index (χ0n) is 15.2. The lowest BCUT2D eigenvalue weighted by Gasteiger charge is -2.13. The average molecular weight is 360 g/mol. The Morgan fingerprint density at radius 1 is 1.12 bits per heavy atom. The topological polar surface area (TPSA) is 59.6 Å². The normalized spacial score (nSPS) is 10.4. The molecule has 0 radical (unpaired) electrons. The first-order valence-corrected chi connectivity index (χ1v) is 8.58. The van der Waals surface area contributed by atoms with Crippen LogP contribution in [0.25, 0.3) is 0 Å². The SMILES string of the molecule is COc1cc(OCc2ccccc2F)ccc1CNCCCNC(C)=O. The van der Waals surface area contributed by atoms with E-state index >= 15 is 0 Å². The minimum absolute atomic E-state index is 0.0161. The summed E-state index contributed by atoms with van der Waals surface area (Å²) < 4.78 is 24.7. The van der Waals surface area contributed by atoms with Gasteiger partial charge in [0, 0.05) is 37.2 Å². The molecule has 2 aromatic carbocycles. The van der Waals surface area contributed by atoms with E-state index in [1.54, 1.807) is 31.4 Å². The summed E-state index contributed by atoms with van der Waals surface area (Å²) in [6.07, 6.45) is 0.853. The number of carbonyl (C=O) groups excluding carboxylic acids is 1. The molecule has 0 fully saturated rings. The number of carbonyl (C=O) groups is 1. The molecule has 0 aromatic heterocycles. The first-order valence-electron chi connectivity index (χ1n) is 8.58. The van der Waals surface area contributed by atoms with Gasteiger partial charge in [0.05, 0.1) is 7.11 Å². The summed E-state index contributed by atoms with van der Waals surface area (Å²) >= 11 is 0. The van der Waals surface area contributed by atoms with Gasteiger partial charge >= 0.3 is 0 Å². The van der Waals surface area contributed by atoms with Crippen LogP contribution in [-0.2, 0) is 17.9 Å². The highest BCUT2D eigenvalue weighted by Crippen LogP contribution is 2.25. The largest absolute Gasteiger partial charge is 0.496 e. The maximum atomic E-state index is 13.6. The fourth-order valence-corrected chi connectivity index (χ4v) is 2.44. The summed E-state index contributed by atoms with van der Waals surface area (Å²) in [5.41, 5.74) is 1.52. The molecular formula is C20H25FN2O3. The number of hydrogen-bond acceptors (Lipinski definition) is 4. The van der Waals surface area contributed by atoms with Crippen LogP contribution in [0, 0.1) is 5.82 Å². The second-order valence-corrected chi connectivity index (χ2v) is 5.87. The monoisotopic (exact) mass is 360 g/mol. The lowest BCUT2D eigenvalue weighted by Crippen LogP contribution is -2.25. The van der Waals surface area contributed by atoms with Crippen molar-refractivity contribution in [2.75, 3.05) is 20.2 Å². The molecule has 0 aliphatic carbocycles. The number of halogens is 1. The molecule has 0 saturated heterocycles. The highest BCUT2D eigenvalue weighted by atomic mass is 19.1. The lowest BCUT2D eigenvalue weighted by molar-refractivity contribution is -0.118. The molecule has 0 bridgehead atoms. The van der Waals surface area contributed by atoms with Crippen LogP contribution in [0.4, 0.5) is 4.39 Å². The van der Waals surface area contributed by atoms with E-state index in [2.05, 4.69) is 10.6 Å². The molecule has 2 aromatic rings. The van der Waals surface area contributed by atoms with Gasteiger partial charge in [0.1, 0.15) is 23.9 Å². The maximum Gasteiger partial charge on any atom is 0.216 e. The molecule has 0 aliphatic heterocycles. The molecule has 0 heterocycles. The fraction of sp³-hybridized carbons (Fsp3) is 0.350. The molecule has 0 aliphatic rings. The Morgan fingerprint density at radius 2 is 1.92 bits per heavy atom. The third-order valence-corrected chi connectivity index (χ3v) is 3.83. The summed E-state index contributed by atoms with van der Waals surface area (Å²) in [4.78, 5) is 10.8. The van der Waals surface area contributed by atoms with Gasteiger partial charge in [-0.15, -0.1) is 0 Å². The summed E-state index contributed by atoms with van der Waals surface area (Å²) in [5, 5.41) is 6.07. The number of nitrogens with one attached hydrogen (secondary N) is 2. The minimum Gasteiger partial charge on any atom is -0.496 e. The van der Waals surface area contributed by atoms with Gasteiger partial charge in [-0.3, -0.25) is 4.79 Å². The number of ether oxygens (including phenoxy) is 2. The maximum absolute atomic E-state index is 13.6. The Balaban J connectivity index is 1.84. The van der Waals surface area contributed by atoms with Crippen molar-refractivity contribution in [2.45, 2.75) is 26.5 Å². The summed E-state index contributed by atoms with van der Waals surface area (Å²) in [5.74, 6) is 1.04. The molecule has 2 N–H and O–H groups in total. The smallest absolute Gasteiger partial charge is 0.216 e. The van der Waals surface area contributed by atoms with Crippen molar-refractivity contribution < 1.29 is 18.7 Å².